The standard InChI is InChI=1S/C13H25N3O/c1-10-7-15-13(17)12(8-14-2)16(9-10)11-5-3-4-6-11/h10-12,14H,3-9H2,1-2H3,(H,15,17). The first-order valence-corrected chi connectivity index (χ1v) is 6.90. The van der Waals surface area contributed by atoms with Gasteiger partial charge in [0.1, 0.15) is 6.04 Å². The molecule has 1 saturated carbocycles. The van der Waals surface area contributed by atoms with E-state index in [2.05, 4.69) is 22.5 Å². The molecule has 0 radical (unpaired) electrons. The lowest BCUT2D eigenvalue weighted by Gasteiger charge is -2.34. The van der Waals surface area contributed by atoms with E-state index in [-0.39, 0.29) is 11.9 Å². The van der Waals surface area contributed by atoms with E-state index in [4.69, 9.17) is 0 Å². The lowest BCUT2D eigenvalue weighted by Crippen LogP contribution is -2.52. The van der Waals surface area contributed by atoms with Crippen LogP contribution in [0.4, 0.5) is 0 Å². The van der Waals surface area contributed by atoms with Gasteiger partial charge in [-0.15, -0.1) is 0 Å². The summed E-state index contributed by atoms with van der Waals surface area (Å²) in [6.45, 7) is 4.86. The van der Waals surface area contributed by atoms with Crippen LogP contribution in [0.25, 0.3) is 0 Å². The van der Waals surface area contributed by atoms with Crippen molar-refractivity contribution in [2.75, 3.05) is 26.7 Å². The zero-order valence-electron chi connectivity index (χ0n) is 11.0. The van der Waals surface area contributed by atoms with Gasteiger partial charge in [0, 0.05) is 25.7 Å². The Morgan fingerprint density at radius 1 is 1.41 bits per heavy atom. The number of likely N-dealkylation sites (N-methyl/N-ethyl adjacent to an activating group) is 1. The van der Waals surface area contributed by atoms with E-state index >= 15 is 0 Å². The first kappa shape index (κ1) is 12.8. The first-order chi connectivity index (χ1) is 8.22. The smallest absolute Gasteiger partial charge is 0.238 e. The van der Waals surface area contributed by atoms with E-state index in [1.165, 1.54) is 25.7 Å². The van der Waals surface area contributed by atoms with Crippen molar-refractivity contribution < 1.29 is 4.79 Å². The highest BCUT2D eigenvalue weighted by Crippen LogP contribution is 2.26. The van der Waals surface area contributed by atoms with Crippen molar-refractivity contribution in [3.8, 4) is 0 Å². The van der Waals surface area contributed by atoms with Crippen LogP contribution >= 0.6 is 0 Å². The van der Waals surface area contributed by atoms with Gasteiger partial charge in [-0.05, 0) is 25.8 Å². The Bertz CT molecular complexity index is 263. The molecule has 2 aliphatic rings. The van der Waals surface area contributed by atoms with Crippen LogP contribution in [-0.4, -0.2) is 49.6 Å². The van der Waals surface area contributed by atoms with Crippen LogP contribution in [0.15, 0.2) is 0 Å². The number of hydrogen-bond acceptors (Lipinski definition) is 3. The minimum atomic E-state index is 0.0213. The Labute approximate surface area is 104 Å². The molecule has 0 aromatic heterocycles. The molecule has 0 aromatic rings. The molecule has 17 heavy (non-hydrogen) atoms. The molecular weight excluding hydrogens is 214 g/mol. The minimum absolute atomic E-state index is 0.0213. The average Bonchev–Trinajstić information content (AvgIpc) is 2.80. The van der Waals surface area contributed by atoms with Gasteiger partial charge in [0.05, 0.1) is 0 Å². The van der Waals surface area contributed by atoms with Gasteiger partial charge in [0.15, 0.2) is 0 Å². The number of carbonyl (C=O) groups excluding carboxylic acids is 1. The van der Waals surface area contributed by atoms with Crippen LogP contribution in [0.3, 0.4) is 0 Å². The average molecular weight is 239 g/mol. The molecule has 1 aliphatic heterocycles. The molecular formula is C13H25N3O. The fraction of sp³-hybridized carbons (Fsp3) is 0.923. The normalized spacial score (nSPS) is 32.5. The zero-order chi connectivity index (χ0) is 12.3. The Kier molecular flexibility index (Phi) is 4.40. The molecule has 1 saturated heterocycles. The Hall–Kier alpha value is -0.610. The van der Waals surface area contributed by atoms with Crippen molar-refractivity contribution in [1.82, 2.24) is 15.5 Å². The van der Waals surface area contributed by atoms with Crippen molar-refractivity contribution in [3.63, 3.8) is 0 Å². The summed E-state index contributed by atoms with van der Waals surface area (Å²) in [5, 5.41) is 6.22. The molecule has 2 N–H and O–H groups in total. The zero-order valence-corrected chi connectivity index (χ0v) is 11.0. The molecule has 2 rings (SSSR count). The molecule has 4 heteroatoms. The van der Waals surface area contributed by atoms with Gasteiger partial charge in [0.25, 0.3) is 0 Å². The third-order valence-electron chi connectivity index (χ3n) is 4.04. The highest BCUT2D eigenvalue weighted by atomic mass is 16.2. The van der Waals surface area contributed by atoms with Crippen LogP contribution in [0.5, 0.6) is 0 Å². The van der Waals surface area contributed by atoms with E-state index in [0.29, 0.717) is 12.0 Å². The van der Waals surface area contributed by atoms with Gasteiger partial charge in [-0.2, -0.15) is 0 Å². The van der Waals surface area contributed by atoms with E-state index in [1.807, 2.05) is 7.05 Å². The highest BCUT2D eigenvalue weighted by molar-refractivity contribution is 5.82. The van der Waals surface area contributed by atoms with Gasteiger partial charge < -0.3 is 10.6 Å². The lowest BCUT2D eigenvalue weighted by atomic mass is 10.1. The molecule has 98 valence electrons. The summed E-state index contributed by atoms with van der Waals surface area (Å²) >= 11 is 0. The minimum Gasteiger partial charge on any atom is -0.354 e. The predicted molar refractivity (Wildman–Crippen MR) is 68.9 cm³/mol. The van der Waals surface area contributed by atoms with Gasteiger partial charge in [-0.1, -0.05) is 19.8 Å². The number of rotatable bonds is 3. The van der Waals surface area contributed by atoms with Crippen molar-refractivity contribution in [1.29, 1.82) is 0 Å². The third-order valence-corrected chi connectivity index (χ3v) is 4.04. The number of amides is 1. The second kappa shape index (κ2) is 5.83. The molecule has 0 aromatic carbocycles. The van der Waals surface area contributed by atoms with Crippen LogP contribution in [0, 0.1) is 5.92 Å². The number of nitrogens with one attached hydrogen (secondary N) is 2. The molecule has 1 heterocycles. The van der Waals surface area contributed by atoms with Crippen LogP contribution < -0.4 is 10.6 Å². The summed E-state index contributed by atoms with van der Waals surface area (Å²) in [4.78, 5) is 14.6. The van der Waals surface area contributed by atoms with Crippen molar-refractivity contribution >= 4 is 5.91 Å². The molecule has 0 bridgehead atoms. The van der Waals surface area contributed by atoms with Crippen LogP contribution in [0.1, 0.15) is 32.6 Å². The molecule has 4 nitrogen and oxygen atoms in total. The third kappa shape index (κ3) is 2.99. The van der Waals surface area contributed by atoms with E-state index in [1.54, 1.807) is 0 Å². The van der Waals surface area contributed by atoms with Crippen molar-refractivity contribution in [2.24, 2.45) is 5.92 Å². The van der Waals surface area contributed by atoms with Crippen LogP contribution in [-0.2, 0) is 4.79 Å². The highest BCUT2D eigenvalue weighted by Gasteiger charge is 2.35. The summed E-state index contributed by atoms with van der Waals surface area (Å²) in [6, 6.07) is 0.646. The monoisotopic (exact) mass is 239 g/mol. The van der Waals surface area contributed by atoms with Crippen molar-refractivity contribution in [2.45, 2.75) is 44.7 Å². The Morgan fingerprint density at radius 2 is 2.12 bits per heavy atom. The Morgan fingerprint density at radius 3 is 2.76 bits per heavy atom. The maximum Gasteiger partial charge on any atom is 0.238 e. The largest absolute Gasteiger partial charge is 0.354 e. The molecule has 1 aliphatic carbocycles. The molecule has 1 amide bonds. The Balaban J connectivity index is 2.11. The molecule has 2 fully saturated rings. The maximum absolute atomic E-state index is 12.1. The fourth-order valence-corrected chi connectivity index (χ4v) is 3.14. The topological polar surface area (TPSA) is 44.4 Å². The van der Waals surface area contributed by atoms with E-state index < -0.39 is 0 Å². The number of carbonyl (C=O) groups is 1. The quantitative estimate of drug-likeness (QED) is 0.757. The summed E-state index contributed by atoms with van der Waals surface area (Å²) in [7, 11) is 1.93. The summed E-state index contributed by atoms with van der Waals surface area (Å²) < 4.78 is 0. The predicted octanol–water partition coefficient (Wildman–Crippen LogP) is 0.585. The van der Waals surface area contributed by atoms with E-state index in [9.17, 15) is 4.79 Å². The molecule has 0 spiro atoms. The number of hydrogen-bond donors (Lipinski definition) is 2. The van der Waals surface area contributed by atoms with Gasteiger partial charge in [-0.25, -0.2) is 0 Å². The van der Waals surface area contributed by atoms with Gasteiger partial charge in [0.2, 0.25) is 5.91 Å². The SMILES string of the molecule is CNCC1C(=O)NCC(C)CN1C1CCCC1. The molecule has 2 atom stereocenters. The second-order valence-electron chi connectivity index (χ2n) is 5.56. The lowest BCUT2D eigenvalue weighted by molar-refractivity contribution is -0.126. The summed E-state index contributed by atoms with van der Waals surface area (Å²) in [6.07, 6.45) is 5.17. The van der Waals surface area contributed by atoms with Gasteiger partial charge in [-0.3, -0.25) is 9.69 Å². The van der Waals surface area contributed by atoms with Gasteiger partial charge >= 0.3 is 0 Å². The van der Waals surface area contributed by atoms with Crippen molar-refractivity contribution in [3.05, 3.63) is 0 Å². The number of nitrogens with zero attached hydrogens (tertiary/aromatic N) is 1. The van der Waals surface area contributed by atoms with E-state index in [0.717, 1.165) is 19.6 Å². The summed E-state index contributed by atoms with van der Waals surface area (Å²) in [5.74, 6) is 0.761. The molecule has 2 unspecified atom stereocenters. The maximum atomic E-state index is 12.1. The second-order valence-corrected chi connectivity index (χ2v) is 5.56. The first-order valence-electron chi connectivity index (χ1n) is 6.90. The summed E-state index contributed by atoms with van der Waals surface area (Å²) in [5.41, 5.74) is 0. The fourth-order valence-electron chi connectivity index (χ4n) is 3.14. The van der Waals surface area contributed by atoms with Crippen LogP contribution in [0.2, 0.25) is 0 Å².